The van der Waals surface area contributed by atoms with E-state index in [-0.39, 0.29) is 12.4 Å². The molecule has 0 bridgehead atoms. The van der Waals surface area contributed by atoms with Gasteiger partial charge in [0.2, 0.25) is 0 Å². The zero-order valence-electron chi connectivity index (χ0n) is 10.6. The second kappa shape index (κ2) is 5.57. The molecule has 0 unspecified atom stereocenters. The molecule has 3 nitrogen and oxygen atoms in total. The third-order valence-electron chi connectivity index (χ3n) is 2.84. The number of para-hydroxylation sites is 1. The fraction of sp³-hybridized carbons (Fsp3) is 0.0625. The van der Waals surface area contributed by atoms with Gasteiger partial charge in [-0.15, -0.1) is 0 Å². The normalized spacial score (nSPS) is 10.4. The Kier molecular flexibility index (Phi) is 3.46. The van der Waals surface area contributed by atoms with Crippen molar-refractivity contribution in [1.29, 1.82) is 0 Å². The maximum absolute atomic E-state index is 13.4. The van der Waals surface area contributed by atoms with Gasteiger partial charge in [0.25, 0.3) is 0 Å². The fourth-order valence-corrected chi connectivity index (χ4v) is 1.84. The molecule has 3 aromatic rings. The number of hydrogen-bond donors (Lipinski definition) is 0. The maximum atomic E-state index is 13.4. The zero-order chi connectivity index (χ0) is 13.8. The molecule has 0 fully saturated rings. The van der Waals surface area contributed by atoms with Gasteiger partial charge in [-0.3, -0.25) is 0 Å². The minimum atomic E-state index is -0.393. The van der Waals surface area contributed by atoms with Gasteiger partial charge in [-0.1, -0.05) is 47.6 Å². The van der Waals surface area contributed by atoms with Crippen molar-refractivity contribution in [3.63, 3.8) is 0 Å². The molecule has 0 radical (unpaired) electrons. The summed E-state index contributed by atoms with van der Waals surface area (Å²) in [5, 5.41) is 3.97. The van der Waals surface area contributed by atoms with Gasteiger partial charge in [0, 0.05) is 11.6 Å². The van der Waals surface area contributed by atoms with Crippen LogP contribution in [0.4, 0.5) is 4.39 Å². The number of ether oxygens (including phenoxy) is 1. The van der Waals surface area contributed by atoms with E-state index in [4.69, 9.17) is 9.26 Å². The number of halogens is 1. The molecular weight excluding hydrogens is 257 g/mol. The highest BCUT2D eigenvalue weighted by molar-refractivity contribution is 5.58. The van der Waals surface area contributed by atoms with E-state index >= 15 is 0 Å². The van der Waals surface area contributed by atoms with Crippen LogP contribution in [0.5, 0.6) is 5.75 Å². The fourth-order valence-electron chi connectivity index (χ4n) is 1.84. The van der Waals surface area contributed by atoms with Crippen LogP contribution >= 0.6 is 0 Å². The average molecular weight is 269 g/mol. The second-order valence-electron chi connectivity index (χ2n) is 4.26. The molecule has 1 aromatic heterocycles. The summed E-state index contributed by atoms with van der Waals surface area (Å²) < 4.78 is 23.9. The highest BCUT2D eigenvalue weighted by Gasteiger charge is 2.08. The van der Waals surface area contributed by atoms with Gasteiger partial charge in [0.05, 0.1) is 0 Å². The Bertz CT molecular complexity index is 694. The Hall–Kier alpha value is -2.62. The van der Waals surface area contributed by atoms with Gasteiger partial charge < -0.3 is 9.26 Å². The minimum Gasteiger partial charge on any atom is -0.482 e. The Labute approximate surface area is 115 Å². The van der Waals surface area contributed by atoms with Crippen LogP contribution in [0.3, 0.4) is 0 Å². The number of benzene rings is 2. The van der Waals surface area contributed by atoms with Gasteiger partial charge in [0.1, 0.15) is 12.3 Å². The predicted octanol–water partition coefficient (Wildman–Crippen LogP) is 4.06. The van der Waals surface area contributed by atoms with Gasteiger partial charge in [0.15, 0.2) is 17.3 Å². The molecule has 2 aromatic carbocycles. The van der Waals surface area contributed by atoms with Crippen LogP contribution in [0.25, 0.3) is 11.3 Å². The third-order valence-corrected chi connectivity index (χ3v) is 2.84. The van der Waals surface area contributed by atoms with E-state index in [2.05, 4.69) is 5.16 Å². The average Bonchev–Trinajstić information content (AvgIpc) is 2.96. The molecule has 0 saturated heterocycles. The molecule has 0 spiro atoms. The SMILES string of the molecule is Fc1ccccc1OCc1cc(-c2ccccc2)no1. The van der Waals surface area contributed by atoms with E-state index < -0.39 is 5.82 Å². The molecule has 0 aliphatic rings. The van der Waals surface area contributed by atoms with Gasteiger partial charge >= 0.3 is 0 Å². The van der Waals surface area contributed by atoms with Crippen molar-refractivity contribution in [2.75, 3.05) is 0 Å². The molecule has 0 amide bonds. The predicted molar refractivity (Wildman–Crippen MR) is 72.7 cm³/mol. The van der Waals surface area contributed by atoms with Gasteiger partial charge in [-0.05, 0) is 12.1 Å². The summed E-state index contributed by atoms with van der Waals surface area (Å²) in [5.74, 6) is 0.354. The topological polar surface area (TPSA) is 35.3 Å². The van der Waals surface area contributed by atoms with E-state index in [0.717, 1.165) is 11.3 Å². The van der Waals surface area contributed by atoms with Gasteiger partial charge in [-0.2, -0.15) is 0 Å². The Morgan fingerprint density at radius 2 is 1.75 bits per heavy atom. The van der Waals surface area contributed by atoms with Crippen LogP contribution in [-0.4, -0.2) is 5.16 Å². The summed E-state index contributed by atoms with van der Waals surface area (Å²) >= 11 is 0. The van der Waals surface area contributed by atoms with Crippen LogP contribution < -0.4 is 4.74 Å². The first kappa shape index (κ1) is 12.4. The third kappa shape index (κ3) is 2.69. The molecule has 100 valence electrons. The largest absolute Gasteiger partial charge is 0.482 e. The number of nitrogens with zero attached hydrogens (tertiary/aromatic N) is 1. The number of aromatic nitrogens is 1. The zero-order valence-corrected chi connectivity index (χ0v) is 10.6. The minimum absolute atomic E-state index is 0.140. The van der Waals surface area contributed by atoms with Crippen LogP contribution in [0, 0.1) is 5.82 Å². The van der Waals surface area contributed by atoms with Crippen LogP contribution in [0.2, 0.25) is 0 Å². The first-order valence-electron chi connectivity index (χ1n) is 6.21. The lowest BCUT2D eigenvalue weighted by Gasteiger charge is -2.03. The number of rotatable bonds is 4. The maximum Gasteiger partial charge on any atom is 0.174 e. The molecule has 3 rings (SSSR count). The molecule has 0 N–H and O–H groups in total. The van der Waals surface area contributed by atoms with E-state index in [0.29, 0.717) is 5.76 Å². The quantitative estimate of drug-likeness (QED) is 0.716. The van der Waals surface area contributed by atoms with Crippen LogP contribution in [0.1, 0.15) is 5.76 Å². The van der Waals surface area contributed by atoms with Crippen molar-refractivity contribution in [2.45, 2.75) is 6.61 Å². The lowest BCUT2D eigenvalue weighted by atomic mass is 10.1. The molecule has 1 heterocycles. The first-order valence-corrected chi connectivity index (χ1v) is 6.21. The summed E-state index contributed by atoms with van der Waals surface area (Å²) in [5.41, 5.74) is 1.70. The van der Waals surface area contributed by atoms with E-state index in [1.807, 2.05) is 30.3 Å². The van der Waals surface area contributed by atoms with E-state index in [1.165, 1.54) is 6.07 Å². The first-order chi connectivity index (χ1) is 9.83. The molecule has 0 aliphatic carbocycles. The lowest BCUT2D eigenvalue weighted by Crippen LogP contribution is -1.95. The second-order valence-corrected chi connectivity index (χ2v) is 4.26. The van der Waals surface area contributed by atoms with Gasteiger partial charge in [-0.25, -0.2) is 4.39 Å². The molecule has 4 heteroatoms. The summed E-state index contributed by atoms with van der Waals surface area (Å²) in [4.78, 5) is 0. The summed E-state index contributed by atoms with van der Waals surface area (Å²) in [6.07, 6.45) is 0. The highest BCUT2D eigenvalue weighted by Crippen LogP contribution is 2.21. The molecular formula is C16H12FNO2. The van der Waals surface area contributed by atoms with Crippen molar-refractivity contribution in [3.05, 3.63) is 72.2 Å². The Balaban J connectivity index is 1.71. The van der Waals surface area contributed by atoms with Crippen molar-refractivity contribution >= 4 is 0 Å². The smallest absolute Gasteiger partial charge is 0.174 e. The lowest BCUT2D eigenvalue weighted by molar-refractivity contribution is 0.240. The van der Waals surface area contributed by atoms with Crippen LogP contribution in [-0.2, 0) is 6.61 Å². The summed E-state index contributed by atoms with van der Waals surface area (Å²) in [7, 11) is 0. The Morgan fingerprint density at radius 3 is 2.55 bits per heavy atom. The monoisotopic (exact) mass is 269 g/mol. The molecule has 0 aliphatic heterocycles. The highest BCUT2D eigenvalue weighted by atomic mass is 19.1. The Morgan fingerprint density at radius 1 is 1.00 bits per heavy atom. The summed E-state index contributed by atoms with van der Waals surface area (Å²) in [6.45, 7) is 0.140. The molecule has 0 atom stereocenters. The molecule has 0 saturated carbocycles. The van der Waals surface area contributed by atoms with Crippen molar-refractivity contribution < 1.29 is 13.7 Å². The van der Waals surface area contributed by atoms with Crippen molar-refractivity contribution in [2.24, 2.45) is 0 Å². The standard InChI is InChI=1S/C16H12FNO2/c17-14-8-4-5-9-16(14)19-11-13-10-15(18-20-13)12-6-2-1-3-7-12/h1-10H,11H2. The van der Waals surface area contributed by atoms with E-state index in [9.17, 15) is 4.39 Å². The van der Waals surface area contributed by atoms with Crippen molar-refractivity contribution in [3.8, 4) is 17.0 Å². The van der Waals surface area contributed by atoms with Crippen molar-refractivity contribution in [1.82, 2.24) is 5.16 Å². The molecule has 20 heavy (non-hydrogen) atoms. The number of hydrogen-bond acceptors (Lipinski definition) is 3. The van der Waals surface area contributed by atoms with Crippen LogP contribution in [0.15, 0.2) is 65.2 Å². The van der Waals surface area contributed by atoms with E-state index in [1.54, 1.807) is 24.3 Å². The summed E-state index contributed by atoms with van der Waals surface area (Å²) in [6, 6.07) is 17.7.